The molecule has 0 spiro atoms. The summed E-state index contributed by atoms with van der Waals surface area (Å²) in [4.78, 5) is 11.3. The lowest BCUT2D eigenvalue weighted by Gasteiger charge is -2.05. The van der Waals surface area contributed by atoms with Gasteiger partial charge in [-0.1, -0.05) is 59.1 Å². The van der Waals surface area contributed by atoms with Gasteiger partial charge in [-0.05, 0) is 17.8 Å². The second kappa shape index (κ2) is 18.0. The first kappa shape index (κ1) is 21.8. The molecule has 0 aromatic heterocycles. The molecule has 3 nitrogen and oxygen atoms in total. The molecule has 0 aliphatic heterocycles. The van der Waals surface area contributed by atoms with Crippen LogP contribution in [0.15, 0.2) is 37.0 Å². The highest BCUT2D eigenvalue weighted by atomic mass is 32.1. The average molecular weight is 270 g/mol. The van der Waals surface area contributed by atoms with Gasteiger partial charge in [0, 0.05) is 7.05 Å². The lowest BCUT2D eigenvalue weighted by molar-refractivity contribution is -0.119. The van der Waals surface area contributed by atoms with Crippen molar-refractivity contribution in [2.75, 3.05) is 7.05 Å². The number of amides is 1. The van der Waals surface area contributed by atoms with Crippen molar-refractivity contribution in [3.05, 3.63) is 37.0 Å². The van der Waals surface area contributed by atoms with E-state index >= 15 is 0 Å². The summed E-state index contributed by atoms with van der Waals surface area (Å²) in [7, 11) is 1.65. The van der Waals surface area contributed by atoms with E-state index < -0.39 is 0 Å². The zero-order chi connectivity index (χ0) is 15.0. The van der Waals surface area contributed by atoms with Crippen molar-refractivity contribution in [1.82, 2.24) is 10.6 Å². The summed E-state index contributed by atoms with van der Waals surface area (Å²) in [5.41, 5.74) is 0.802. The van der Waals surface area contributed by atoms with E-state index in [2.05, 4.69) is 23.8 Å². The van der Waals surface area contributed by atoms with Gasteiger partial charge in [0.1, 0.15) is 0 Å². The van der Waals surface area contributed by atoms with Crippen LogP contribution in [0.2, 0.25) is 0 Å². The third kappa shape index (κ3) is 14.6. The molecule has 0 rings (SSSR count). The number of rotatable bonds is 4. The normalized spacial score (nSPS) is 8.61. The molecule has 0 bridgehead atoms. The molecular weight excluding hydrogens is 244 g/mol. The summed E-state index contributed by atoms with van der Waals surface area (Å²) in [6.07, 6.45) is 5.21. The molecule has 0 saturated heterocycles. The van der Waals surface area contributed by atoms with Crippen molar-refractivity contribution in [3.8, 4) is 0 Å². The third-order valence-corrected chi connectivity index (χ3v) is 1.74. The summed E-state index contributed by atoms with van der Waals surface area (Å²) >= 11 is 4.78. The van der Waals surface area contributed by atoms with Crippen LogP contribution in [0.1, 0.15) is 34.1 Å². The van der Waals surface area contributed by atoms with Crippen LogP contribution in [0.3, 0.4) is 0 Å². The summed E-state index contributed by atoms with van der Waals surface area (Å²) in [6.45, 7) is 15.1. The molecule has 0 saturated carbocycles. The quantitative estimate of drug-likeness (QED) is 0.608. The first-order chi connectivity index (χ1) is 8.63. The van der Waals surface area contributed by atoms with Crippen LogP contribution in [0, 0.1) is 0 Å². The van der Waals surface area contributed by atoms with Gasteiger partial charge < -0.3 is 10.6 Å². The number of thiocarbonyl (C=S) groups is 1. The van der Waals surface area contributed by atoms with Crippen LogP contribution in [-0.2, 0) is 4.79 Å². The third-order valence-electron chi connectivity index (χ3n) is 1.44. The minimum Gasteiger partial charge on any atom is -0.365 e. The lowest BCUT2D eigenvalue weighted by atomic mass is 10.1. The Hall–Kier alpha value is -1.42. The Morgan fingerprint density at radius 2 is 1.72 bits per heavy atom. The Morgan fingerprint density at radius 3 is 2.06 bits per heavy atom. The highest BCUT2D eigenvalue weighted by Crippen LogP contribution is 2.02. The van der Waals surface area contributed by atoms with E-state index in [1.807, 2.05) is 27.7 Å². The van der Waals surface area contributed by atoms with Gasteiger partial charge in [0.15, 0.2) is 5.11 Å². The van der Waals surface area contributed by atoms with E-state index in [1.165, 1.54) is 0 Å². The predicted molar refractivity (Wildman–Crippen MR) is 85.6 cm³/mol. The van der Waals surface area contributed by atoms with Gasteiger partial charge in [0.05, 0.1) is 6.42 Å². The fourth-order valence-corrected chi connectivity index (χ4v) is 0.883. The monoisotopic (exact) mass is 270 g/mol. The van der Waals surface area contributed by atoms with E-state index in [-0.39, 0.29) is 12.3 Å². The SMILES string of the molecule is C=C/C=C(\C=C)CC(=O)NC(=S)NC.CC.CC. The molecule has 0 aromatic rings. The van der Waals surface area contributed by atoms with Crippen molar-refractivity contribution in [2.45, 2.75) is 34.1 Å². The molecule has 0 atom stereocenters. The van der Waals surface area contributed by atoms with Gasteiger partial charge >= 0.3 is 0 Å². The second-order valence-corrected chi connectivity index (χ2v) is 2.89. The summed E-state index contributed by atoms with van der Waals surface area (Å²) < 4.78 is 0. The van der Waals surface area contributed by atoms with Crippen LogP contribution < -0.4 is 10.6 Å². The zero-order valence-electron chi connectivity index (χ0n) is 12.2. The van der Waals surface area contributed by atoms with Gasteiger partial charge in [0.25, 0.3) is 0 Å². The maximum Gasteiger partial charge on any atom is 0.230 e. The van der Waals surface area contributed by atoms with E-state index in [0.29, 0.717) is 5.11 Å². The Balaban J connectivity index is -0.000000506. The van der Waals surface area contributed by atoms with Gasteiger partial charge in [-0.2, -0.15) is 0 Å². The van der Waals surface area contributed by atoms with Crippen LogP contribution in [0.25, 0.3) is 0 Å². The topological polar surface area (TPSA) is 41.1 Å². The van der Waals surface area contributed by atoms with Crippen molar-refractivity contribution in [1.29, 1.82) is 0 Å². The number of nitrogens with one attached hydrogen (secondary N) is 2. The maximum absolute atomic E-state index is 11.3. The Bertz CT molecular complexity index is 284. The molecular formula is C14H26N2OS. The van der Waals surface area contributed by atoms with Crippen LogP contribution in [0.5, 0.6) is 0 Å². The molecule has 0 heterocycles. The molecule has 1 amide bonds. The van der Waals surface area contributed by atoms with Crippen molar-refractivity contribution >= 4 is 23.2 Å². The molecule has 0 aliphatic rings. The van der Waals surface area contributed by atoms with E-state index in [9.17, 15) is 4.79 Å². The molecule has 0 aliphatic carbocycles. The fourth-order valence-electron chi connectivity index (χ4n) is 0.769. The first-order valence-electron chi connectivity index (χ1n) is 6.09. The predicted octanol–water partition coefficient (Wildman–Crippen LogP) is 3.35. The molecule has 18 heavy (non-hydrogen) atoms. The molecule has 0 fully saturated rings. The number of hydrogen-bond donors (Lipinski definition) is 2. The Labute approximate surface area is 117 Å². The number of hydrogen-bond acceptors (Lipinski definition) is 2. The summed E-state index contributed by atoms with van der Waals surface area (Å²) in [5.74, 6) is -0.169. The van der Waals surface area contributed by atoms with Crippen LogP contribution >= 0.6 is 12.2 Å². The van der Waals surface area contributed by atoms with Crippen LogP contribution in [0.4, 0.5) is 0 Å². The molecule has 4 heteroatoms. The largest absolute Gasteiger partial charge is 0.365 e. The van der Waals surface area contributed by atoms with Crippen molar-refractivity contribution in [2.24, 2.45) is 0 Å². The van der Waals surface area contributed by atoms with Crippen molar-refractivity contribution in [3.63, 3.8) is 0 Å². The minimum absolute atomic E-state index is 0.169. The molecule has 0 radical (unpaired) electrons. The van der Waals surface area contributed by atoms with Crippen LogP contribution in [-0.4, -0.2) is 18.1 Å². The summed E-state index contributed by atoms with van der Waals surface area (Å²) in [6, 6.07) is 0. The van der Waals surface area contributed by atoms with E-state index in [1.54, 1.807) is 25.3 Å². The van der Waals surface area contributed by atoms with Gasteiger partial charge in [-0.25, -0.2) is 0 Å². The lowest BCUT2D eigenvalue weighted by Crippen LogP contribution is -2.37. The Kier molecular flexibility index (Phi) is 21.8. The number of carbonyl (C=O) groups is 1. The Morgan fingerprint density at radius 1 is 1.22 bits per heavy atom. The van der Waals surface area contributed by atoms with Gasteiger partial charge in [-0.15, -0.1) is 0 Å². The molecule has 0 unspecified atom stereocenters. The highest BCUT2D eigenvalue weighted by Gasteiger charge is 2.03. The first-order valence-corrected chi connectivity index (χ1v) is 6.50. The molecule has 2 N–H and O–H groups in total. The highest BCUT2D eigenvalue weighted by molar-refractivity contribution is 7.80. The molecule has 104 valence electrons. The summed E-state index contributed by atoms with van der Waals surface area (Å²) in [5, 5.41) is 5.48. The fraction of sp³-hybridized carbons (Fsp3) is 0.429. The standard InChI is InChI=1S/C10H14N2OS.2C2H6/c1-4-6-8(5-2)7-9(13)12-10(14)11-3;2*1-2/h4-6H,1-2,7H2,3H3,(H2,11,12,13,14);2*1-2H3/b8-6+;;. The second-order valence-electron chi connectivity index (χ2n) is 2.49. The smallest absolute Gasteiger partial charge is 0.230 e. The van der Waals surface area contributed by atoms with E-state index in [0.717, 1.165) is 5.57 Å². The number of carbonyl (C=O) groups excluding carboxylic acids is 1. The maximum atomic E-state index is 11.3. The minimum atomic E-state index is -0.169. The van der Waals surface area contributed by atoms with Gasteiger partial charge in [0.2, 0.25) is 5.91 Å². The average Bonchev–Trinajstić information content (AvgIpc) is 2.42. The number of allylic oxidation sites excluding steroid dienone is 3. The van der Waals surface area contributed by atoms with Crippen molar-refractivity contribution < 1.29 is 4.79 Å². The molecule has 0 aromatic carbocycles. The zero-order valence-corrected chi connectivity index (χ0v) is 13.0. The van der Waals surface area contributed by atoms with E-state index in [4.69, 9.17) is 12.2 Å². The van der Waals surface area contributed by atoms with Gasteiger partial charge in [-0.3, -0.25) is 4.79 Å².